The van der Waals surface area contributed by atoms with Gasteiger partial charge in [-0.3, -0.25) is 9.69 Å². The molecule has 3 aliphatic rings. The molecule has 0 unspecified atom stereocenters. The summed E-state index contributed by atoms with van der Waals surface area (Å²) in [5, 5.41) is 0.864. The highest BCUT2D eigenvalue weighted by Gasteiger charge is 2.42. The van der Waals surface area contributed by atoms with E-state index in [1.807, 2.05) is 0 Å². The van der Waals surface area contributed by atoms with Crippen LogP contribution in [0.5, 0.6) is 0 Å². The predicted molar refractivity (Wildman–Crippen MR) is 45.4 cm³/mol. The van der Waals surface area contributed by atoms with Crippen molar-refractivity contribution in [3.63, 3.8) is 0 Å². The van der Waals surface area contributed by atoms with E-state index >= 15 is 0 Å². The zero-order valence-corrected chi connectivity index (χ0v) is 7.39. The Morgan fingerprint density at radius 2 is 2.31 bits per heavy atom. The average Bonchev–Trinajstić information content (AvgIpc) is 2.45. The third-order valence-electron chi connectivity index (χ3n) is 2.21. The molecule has 66 valence electrons. The normalized spacial score (nSPS) is 24.9. The van der Waals surface area contributed by atoms with Gasteiger partial charge < -0.3 is 4.74 Å². The van der Waals surface area contributed by atoms with Gasteiger partial charge in [0.05, 0.1) is 5.03 Å². The maximum absolute atomic E-state index is 11.2. The number of hydrogen-bond acceptors (Lipinski definition) is 4. The van der Waals surface area contributed by atoms with Crippen LogP contribution in [0.15, 0.2) is 22.4 Å². The molecule has 0 N–H and O–H groups in total. The minimum Gasteiger partial charge on any atom is -0.456 e. The fraction of sp³-hybridized carbons (Fsp3) is 0.250. The smallest absolute Gasteiger partial charge is 0.355 e. The van der Waals surface area contributed by atoms with Gasteiger partial charge in [0.2, 0.25) is 0 Å². The van der Waals surface area contributed by atoms with Crippen molar-refractivity contribution in [3.05, 3.63) is 22.4 Å². The lowest BCUT2D eigenvalue weighted by Crippen LogP contribution is -2.39. The molecule has 0 aliphatic carbocycles. The predicted octanol–water partition coefficient (Wildman–Crippen LogP) is 0.228. The molecule has 0 atom stereocenters. The summed E-state index contributed by atoms with van der Waals surface area (Å²) < 4.78 is 4.85. The Morgan fingerprint density at radius 1 is 1.46 bits per heavy atom. The Kier molecular flexibility index (Phi) is 1.20. The summed E-state index contributed by atoms with van der Waals surface area (Å²) in [4.78, 5) is 23.8. The number of carbonyl (C=O) groups excluding carboxylic acids is 2. The molecule has 5 heteroatoms. The van der Waals surface area contributed by atoms with E-state index in [4.69, 9.17) is 4.74 Å². The van der Waals surface area contributed by atoms with Crippen molar-refractivity contribution < 1.29 is 14.3 Å². The summed E-state index contributed by atoms with van der Waals surface area (Å²) in [6, 6.07) is 0. The van der Waals surface area contributed by atoms with Gasteiger partial charge in [-0.25, -0.2) is 4.79 Å². The van der Waals surface area contributed by atoms with Crippen molar-refractivity contribution in [3.8, 4) is 0 Å². The lowest BCUT2D eigenvalue weighted by atomic mass is 10.2. The summed E-state index contributed by atoms with van der Waals surface area (Å²) in [6.07, 6.45) is 1.54. The van der Waals surface area contributed by atoms with Crippen molar-refractivity contribution in [2.75, 3.05) is 12.4 Å². The highest BCUT2D eigenvalue weighted by atomic mass is 32.2. The van der Waals surface area contributed by atoms with Crippen molar-refractivity contribution in [2.24, 2.45) is 0 Å². The van der Waals surface area contributed by atoms with Gasteiger partial charge in [0.1, 0.15) is 12.3 Å². The molecule has 4 nitrogen and oxygen atoms in total. The van der Waals surface area contributed by atoms with Gasteiger partial charge in [0.15, 0.2) is 0 Å². The zero-order valence-electron chi connectivity index (χ0n) is 6.57. The molecule has 0 spiro atoms. The Bertz CT molecular complexity index is 396. The van der Waals surface area contributed by atoms with Crippen LogP contribution >= 0.6 is 11.8 Å². The van der Waals surface area contributed by atoms with E-state index in [-0.39, 0.29) is 11.9 Å². The van der Waals surface area contributed by atoms with E-state index in [2.05, 4.69) is 0 Å². The van der Waals surface area contributed by atoms with Crippen LogP contribution < -0.4 is 0 Å². The summed E-state index contributed by atoms with van der Waals surface area (Å²) >= 11 is 1.57. The Balaban J connectivity index is 2.11. The highest BCUT2D eigenvalue weighted by molar-refractivity contribution is 8.03. The number of thioether (sulfide) groups is 1. The third kappa shape index (κ3) is 0.771. The number of carbonyl (C=O) groups is 2. The second kappa shape index (κ2) is 2.17. The molecule has 0 aromatic rings. The summed E-state index contributed by atoms with van der Waals surface area (Å²) in [5.74, 6) is 0.277. The standard InChI is InChI=1S/C8H5NO3S/c10-5-1-6-9(5)7-4(3-13-6)2-12-8(7)11/h1H,2-3H2. The van der Waals surface area contributed by atoms with E-state index in [1.165, 1.54) is 4.90 Å². The number of hydrogen-bond donors (Lipinski definition) is 0. The molecule has 3 heterocycles. The van der Waals surface area contributed by atoms with Gasteiger partial charge in [0, 0.05) is 17.4 Å². The fourth-order valence-electron chi connectivity index (χ4n) is 1.56. The maximum Gasteiger partial charge on any atom is 0.355 e. The van der Waals surface area contributed by atoms with E-state index in [0.29, 0.717) is 12.3 Å². The van der Waals surface area contributed by atoms with Crippen LogP contribution in [0.1, 0.15) is 0 Å². The first-order chi connectivity index (χ1) is 6.27. The topological polar surface area (TPSA) is 46.6 Å². The van der Waals surface area contributed by atoms with Crippen LogP contribution in [-0.2, 0) is 14.3 Å². The summed E-state index contributed by atoms with van der Waals surface area (Å²) in [6.45, 7) is 0.345. The molecule has 1 amide bonds. The SMILES string of the molecule is O=C1OCC2=C1N1C(=O)C=C1SC2. The van der Waals surface area contributed by atoms with Gasteiger partial charge in [-0.1, -0.05) is 0 Å². The molecular weight excluding hydrogens is 190 g/mol. The molecule has 3 rings (SSSR count). The highest BCUT2D eigenvalue weighted by Crippen LogP contribution is 2.41. The maximum atomic E-state index is 11.2. The van der Waals surface area contributed by atoms with Gasteiger partial charge in [0.25, 0.3) is 5.91 Å². The number of fused-ring (bicyclic) bond motifs is 2. The van der Waals surface area contributed by atoms with Gasteiger partial charge in [-0.05, 0) is 0 Å². The zero-order chi connectivity index (χ0) is 9.00. The Morgan fingerprint density at radius 3 is 3.08 bits per heavy atom. The molecular formula is C8H5NO3S. The second-order valence-electron chi connectivity index (χ2n) is 2.97. The molecule has 0 saturated carbocycles. The molecule has 0 saturated heterocycles. The first-order valence-electron chi connectivity index (χ1n) is 3.85. The second-order valence-corrected chi connectivity index (χ2v) is 3.97. The van der Waals surface area contributed by atoms with E-state index in [0.717, 1.165) is 16.4 Å². The van der Waals surface area contributed by atoms with Gasteiger partial charge in [-0.2, -0.15) is 0 Å². The molecule has 13 heavy (non-hydrogen) atoms. The number of ether oxygens (including phenoxy) is 1. The summed E-state index contributed by atoms with van der Waals surface area (Å²) in [5.41, 5.74) is 1.39. The van der Waals surface area contributed by atoms with E-state index in [1.54, 1.807) is 17.8 Å². The fourth-order valence-corrected chi connectivity index (χ4v) is 2.59. The van der Waals surface area contributed by atoms with E-state index < -0.39 is 0 Å². The van der Waals surface area contributed by atoms with Crippen molar-refractivity contribution in [2.45, 2.75) is 0 Å². The van der Waals surface area contributed by atoms with Crippen LogP contribution in [-0.4, -0.2) is 29.1 Å². The lowest BCUT2D eigenvalue weighted by Gasteiger charge is -2.33. The monoisotopic (exact) mass is 195 g/mol. The third-order valence-corrected chi connectivity index (χ3v) is 3.30. The number of cyclic esters (lactones) is 1. The molecule has 0 fully saturated rings. The Hall–Kier alpha value is -1.23. The summed E-state index contributed by atoms with van der Waals surface area (Å²) in [7, 11) is 0. The molecule has 0 bridgehead atoms. The van der Waals surface area contributed by atoms with Crippen molar-refractivity contribution >= 4 is 23.6 Å². The minimum absolute atomic E-state index is 0.117. The van der Waals surface area contributed by atoms with Gasteiger partial charge >= 0.3 is 5.97 Å². The van der Waals surface area contributed by atoms with Crippen LogP contribution in [0.2, 0.25) is 0 Å². The van der Waals surface area contributed by atoms with Crippen LogP contribution in [0, 0.1) is 0 Å². The van der Waals surface area contributed by atoms with Crippen LogP contribution in [0.4, 0.5) is 0 Å². The van der Waals surface area contributed by atoms with Crippen molar-refractivity contribution in [1.82, 2.24) is 4.90 Å². The van der Waals surface area contributed by atoms with Crippen LogP contribution in [0.25, 0.3) is 0 Å². The van der Waals surface area contributed by atoms with Crippen molar-refractivity contribution in [1.29, 1.82) is 0 Å². The number of nitrogens with zero attached hydrogens (tertiary/aromatic N) is 1. The van der Waals surface area contributed by atoms with E-state index in [9.17, 15) is 9.59 Å². The average molecular weight is 195 g/mol. The largest absolute Gasteiger partial charge is 0.456 e. The Labute approximate surface area is 78.2 Å². The first-order valence-corrected chi connectivity index (χ1v) is 4.83. The molecule has 0 aromatic carbocycles. The number of rotatable bonds is 0. The quantitative estimate of drug-likeness (QED) is 0.519. The number of esters is 1. The minimum atomic E-state index is -0.366. The first kappa shape index (κ1) is 7.20. The van der Waals surface area contributed by atoms with Gasteiger partial charge in [-0.15, -0.1) is 11.8 Å². The molecule has 3 aliphatic heterocycles. The molecule has 0 aromatic heterocycles. The lowest BCUT2D eigenvalue weighted by molar-refractivity contribution is -0.140. The van der Waals surface area contributed by atoms with Crippen LogP contribution in [0.3, 0.4) is 0 Å². The molecule has 0 radical (unpaired) electrons. The number of amides is 1.